The minimum Gasteiger partial charge on any atom is -0.460 e. The van der Waals surface area contributed by atoms with Crippen LogP contribution in [0.15, 0.2) is 53.6 Å². The molecule has 2 aromatic rings. The number of carbonyl (C=O) groups excluding carboxylic acids is 2. The lowest BCUT2D eigenvalue weighted by molar-refractivity contribution is -0.147. The fraction of sp³-hybridized carbons (Fsp3) is 0.286. The average Bonchev–Trinajstić information content (AvgIpc) is 2.69. The van der Waals surface area contributed by atoms with Crippen molar-refractivity contribution < 1.29 is 14.3 Å². The molecule has 1 amide bonds. The van der Waals surface area contributed by atoms with Gasteiger partial charge in [0.1, 0.15) is 0 Å². The first-order chi connectivity index (χ1) is 13.8. The van der Waals surface area contributed by atoms with Gasteiger partial charge in [0.05, 0.1) is 12.3 Å². The Bertz CT molecular complexity index is 928. The number of amidine groups is 1. The summed E-state index contributed by atoms with van der Waals surface area (Å²) in [5, 5.41) is 9.70. The Morgan fingerprint density at radius 2 is 1.72 bits per heavy atom. The number of aryl methyl sites for hydroxylation is 1. The number of hydrogen-bond donors (Lipinski definition) is 0. The molecule has 1 aliphatic heterocycles. The lowest BCUT2D eigenvalue weighted by atomic mass is 10.1. The van der Waals surface area contributed by atoms with Crippen LogP contribution in [-0.2, 0) is 14.3 Å². The summed E-state index contributed by atoms with van der Waals surface area (Å²) in [5.41, 5.74) is 2.63. The summed E-state index contributed by atoms with van der Waals surface area (Å²) in [4.78, 5) is 25.2. The van der Waals surface area contributed by atoms with Gasteiger partial charge in [-0.25, -0.2) is 14.8 Å². The minimum absolute atomic E-state index is 0.0142. The van der Waals surface area contributed by atoms with Crippen molar-refractivity contribution in [2.45, 2.75) is 26.9 Å². The Hall–Kier alpha value is -3.06. The van der Waals surface area contributed by atoms with Crippen molar-refractivity contribution in [2.75, 3.05) is 18.7 Å². The highest BCUT2D eigenvalue weighted by Crippen LogP contribution is 2.35. The predicted molar refractivity (Wildman–Crippen MR) is 112 cm³/mol. The van der Waals surface area contributed by atoms with Gasteiger partial charge in [0, 0.05) is 19.0 Å². The lowest BCUT2D eigenvalue weighted by Crippen LogP contribution is -2.58. The number of carbonyl (C=O) groups is 2. The van der Waals surface area contributed by atoms with Crippen LogP contribution < -0.4 is 5.01 Å². The Kier molecular flexibility index (Phi) is 6.08. The van der Waals surface area contributed by atoms with Crippen LogP contribution in [0.3, 0.4) is 0 Å². The number of nitrogens with zero attached hydrogens (tertiary/aromatic N) is 4. The largest absolute Gasteiger partial charge is 0.460 e. The molecule has 29 heavy (non-hydrogen) atoms. The van der Waals surface area contributed by atoms with E-state index in [1.54, 1.807) is 43.2 Å². The van der Waals surface area contributed by atoms with Crippen LogP contribution in [0.25, 0.3) is 0 Å². The number of hydrazone groups is 1. The lowest BCUT2D eigenvalue weighted by Gasteiger charge is -2.46. The van der Waals surface area contributed by atoms with Crippen molar-refractivity contribution in [3.05, 3.63) is 64.7 Å². The van der Waals surface area contributed by atoms with Crippen molar-refractivity contribution in [3.8, 4) is 0 Å². The van der Waals surface area contributed by atoms with Crippen LogP contribution in [0.1, 0.15) is 31.1 Å². The van der Waals surface area contributed by atoms with E-state index in [0.29, 0.717) is 10.7 Å². The predicted octanol–water partition coefficient (Wildman–Crippen LogP) is 3.74. The minimum atomic E-state index is -0.609. The van der Waals surface area contributed by atoms with E-state index in [4.69, 9.17) is 16.3 Å². The first-order valence-electron chi connectivity index (χ1n) is 9.24. The van der Waals surface area contributed by atoms with E-state index in [-0.39, 0.29) is 18.3 Å². The smallest absolute Gasteiger partial charge is 0.377 e. The number of halogens is 1. The SMILES string of the molecule is CCOC(=O)C1=NN(c2ccc(Cl)cc2)C(c2ccc(C)cc2)N(C(C)=O)N1C. The van der Waals surface area contributed by atoms with Crippen molar-refractivity contribution in [1.29, 1.82) is 0 Å². The van der Waals surface area contributed by atoms with Crippen molar-refractivity contribution >= 4 is 35.0 Å². The van der Waals surface area contributed by atoms with Gasteiger partial charge in [-0.15, -0.1) is 5.10 Å². The van der Waals surface area contributed by atoms with Gasteiger partial charge in [-0.3, -0.25) is 9.80 Å². The van der Waals surface area contributed by atoms with Gasteiger partial charge >= 0.3 is 5.97 Å². The highest BCUT2D eigenvalue weighted by molar-refractivity contribution is 6.35. The van der Waals surface area contributed by atoms with Crippen LogP contribution in [0.2, 0.25) is 5.02 Å². The van der Waals surface area contributed by atoms with E-state index in [1.807, 2.05) is 31.2 Å². The molecule has 0 aliphatic carbocycles. The summed E-state index contributed by atoms with van der Waals surface area (Å²) in [7, 11) is 1.62. The number of rotatable bonds is 4. The topological polar surface area (TPSA) is 65.5 Å². The normalized spacial score (nSPS) is 16.5. The Balaban J connectivity index is 2.19. The highest BCUT2D eigenvalue weighted by atomic mass is 35.5. The molecule has 3 rings (SSSR count). The summed E-state index contributed by atoms with van der Waals surface area (Å²) in [6.45, 7) is 5.36. The molecule has 0 radical (unpaired) electrons. The average molecular weight is 415 g/mol. The second kappa shape index (κ2) is 8.53. The fourth-order valence-corrected chi connectivity index (χ4v) is 3.28. The zero-order valence-electron chi connectivity index (χ0n) is 16.8. The summed E-state index contributed by atoms with van der Waals surface area (Å²) in [5.74, 6) is -0.836. The second-order valence-corrected chi connectivity index (χ2v) is 7.07. The molecule has 1 heterocycles. The number of ether oxygens (including phenoxy) is 1. The maximum Gasteiger partial charge on any atom is 0.377 e. The van der Waals surface area contributed by atoms with E-state index in [1.165, 1.54) is 16.9 Å². The third-order valence-corrected chi connectivity index (χ3v) is 4.79. The molecule has 0 saturated carbocycles. The molecule has 0 fully saturated rings. The highest BCUT2D eigenvalue weighted by Gasteiger charge is 2.40. The maximum absolute atomic E-state index is 12.6. The summed E-state index contributed by atoms with van der Waals surface area (Å²) >= 11 is 6.04. The number of amides is 1. The molecule has 1 aliphatic rings. The molecule has 1 atom stereocenters. The molecule has 7 nitrogen and oxygen atoms in total. The van der Waals surface area contributed by atoms with E-state index in [9.17, 15) is 9.59 Å². The van der Waals surface area contributed by atoms with E-state index < -0.39 is 12.1 Å². The summed E-state index contributed by atoms with van der Waals surface area (Å²) < 4.78 is 5.14. The molecular weight excluding hydrogens is 392 g/mol. The third-order valence-electron chi connectivity index (χ3n) is 4.54. The molecule has 1 unspecified atom stereocenters. The van der Waals surface area contributed by atoms with Crippen LogP contribution in [0, 0.1) is 6.92 Å². The van der Waals surface area contributed by atoms with Crippen LogP contribution in [0.4, 0.5) is 5.69 Å². The van der Waals surface area contributed by atoms with Gasteiger partial charge in [-0.1, -0.05) is 41.4 Å². The first kappa shape index (κ1) is 20.7. The van der Waals surface area contributed by atoms with Crippen molar-refractivity contribution in [2.24, 2.45) is 5.10 Å². The monoisotopic (exact) mass is 414 g/mol. The maximum atomic E-state index is 12.6. The van der Waals surface area contributed by atoms with Gasteiger partial charge in [-0.05, 0) is 43.7 Å². The number of likely N-dealkylation sites (N-methyl/N-ethyl adjacent to an activating group) is 1. The van der Waals surface area contributed by atoms with Crippen LogP contribution in [0.5, 0.6) is 0 Å². The molecule has 0 bridgehead atoms. The molecule has 0 saturated heterocycles. The quantitative estimate of drug-likeness (QED) is 0.713. The fourth-order valence-electron chi connectivity index (χ4n) is 3.16. The van der Waals surface area contributed by atoms with Gasteiger partial charge in [0.15, 0.2) is 6.17 Å². The Morgan fingerprint density at radius 1 is 1.10 bits per heavy atom. The Labute approximate surface area is 175 Å². The van der Waals surface area contributed by atoms with Crippen LogP contribution in [-0.4, -0.2) is 41.4 Å². The number of anilines is 1. The van der Waals surface area contributed by atoms with Gasteiger partial charge < -0.3 is 4.74 Å². The van der Waals surface area contributed by atoms with Crippen LogP contribution >= 0.6 is 11.6 Å². The van der Waals surface area contributed by atoms with Gasteiger partial charge in [0.25, 0.3) is 5.84 Å². The third kappa shape index (κ3) is 4.19. The van der Waals surface area contributed by atoms with Gasteiger partial charge in [-0.2, -0.15) is 0 Å². The van der Waals surface area contributed by atoms with E-state index in [2.05, 4.69) is 5.10 Å². The standard InChI is InChI=1S/C21H23ClN4O3/c1-5-29-21(28)19-23-25(18-12-10-17(22)11-13-18)20(26(15(3)27)24(19)4)16-8-6-14(2)7-9-16/h6-13,20H,5H2,1-4H3. The van der Waals surface area contributed by atoms with Gasteiger partial charge in [0.2, 0.25) is 5.91 Å². The number of esters is 1. The number of hydrogen-bond acceptors (Lipinski definition) is 6. The van der Waals surface area contributed by atoms with Crippen molar-refractivity contribution in [3.63, 3.8) is 0 Å². The second-order valence-electron chi connectivity index (χ2n) is 6.64. The molecule has 152 valence electrons. The molecule has 0 aromatic heterocycles. The number of hydrazine groups is 1. The van der Waals surface area contributed by atoms with E-state index >= 15 is 0 Å². The molecule has 0 spiro atoms. The number of benzene rings is 2. The zero-order valence-corrected chi connectivity index (χ0v) is 17.6. The van der Waals surface area contributed by atoms with Crippen molar-refractivity contribution in [1.82, 2.24) is 10.0 Å². The zero-order chi connectivity index (χ0) is 21.1. The van der Waals surface area contributed by atoms with E-state index in [0.717, 1.165) is 11.1 Å². The first-order valence-corrected chi connectivity index (χ1v) is 9.61. The summed E-state index contributed by atoms with van der Waals surface area (Å²) in [6, 6.07) is 14.9. The Morgan fingerprint density at radius 3 is 2.28 bits per heavy atom. The molecule has 2 aromatic carbocycles. The molecule has 0 N–H and O–H groups in total. The summed E-state index contributed by atoms with van der Waals surface area (Å²) in [6.07, 6.45) is -0.586. The molecule has 8 heteroatoms. The molecular formula is C21H23ClN4O3.